The van der Waals surface area contributed by atoms with Crippen LogP contribution in [0.1, 0.15) is 61.1 Å². The summed E-state index contributed by atoms with van der Waals surface area (Å²) in [4.78, 5) is 5.03. The van der Waals surface area contributed by atoms with Crippen LogP contribution in [0.5, 0.6) is 17.2 Å². The number of aryl methyl sites for hydroxylation is 2. The van der Waals surface area contributed by atoms with Gasteiger partial charge in [0.2, 0.25) is 0 Å². The number of phenols is 1. The van der Waals surface area contributed by atoms with Crippen LogP contribution in [0.2, 0.25) is 0 Å². The fourth-order valence-electron chi connectivity index (χ4n) is 5.01. The van der Waals surface area contributed by atoms with Crippen molar-refractivity contribution in [3.05, 3.63) is 124 Å². The lowest BCUT2D eigenvalue weighted by atomic mass is 9.76. The molecule has 0 radical (unpaired) electrons. The number of aliphatic hydroxyl groups is 1. The van der Waals surface area contributed by atoms with Crippen molar-refractivity contribution in [2.45, 2.75) is 71.8 Å². The van der Waals surface area contributed by atoms with Gasteiger partial charge in [-0.15, -0.1) is 0 Å². The van der Waals surface area contributed by atoms with Crippen molar-refractivity contribution in [2.75, 3.05) is 0 Å². The van der Waals surface area contributed by atoms with Crippen LogP contribution in [0.3, 0.4) is 0 Å². The number of hydrogen-bond donors (Lipinski definition) is 2. The number of ether oxygens (including phenoxy) is 2. The minimum Gasteiger partial charge on any atom is -0.507 e. The molecule has 1 atom stereocenters. The van der Waals surface area contributed by atoms with Gasteiger partial charge in [-0.1, -0.05) is 65.7 Å². The molecule has 0 fully saturated rings. The Morgan fingerprint density at radius 3 is 1.76 bits per heavy atom. The maximum atomic E-state index is 13.3. The highest BCUT2D eigenvalue weighted by atomic mass is 16.5. The molecule has 0 aliphatic heterocycles. The van der Waals surface area contributed by atoms with Gasteiger partial charge in [0, 0.05) is 22.9 Å². The van der Waals surface area contributed by atoms with E-state index in [0.29, 0.717) is 34.6 Å². The normalized spacial score (nSPS) is 12.7. The van der Waals surface area contributed by atoms with E-state index in [1.54, 1.807) is 24.4 Å². The Morgan fingerprint density at radius 1 is 0.732 bits per heavy atom. The van der Waals surface area contributed by atoms with Gasteiger partial charge in [0.15, 0.2) is 0 Å². The van der Waals surface area contributed by atoms with Crippen LogP contribution in [0.25, 0.3) is 0 Å². The highest BCUT2D eigenvalue weighted by Crippen LogP contribution is 2.45. The molecular weight excluding hydrogens is 510 g/mol. The third kappa shape index (κ3) is 7.17. The van der Waals surface area contributed by atoms with Crippen LogP contribution in [0, 0.1) is 13.8 Å². The molecule has 0 heterocycles. The molecule has 0 bridgehead atoms. The van der Waals surface area contributed by atoms with Crippen molar-refractivity contribution >= 4 is 6.21 Å². The molecule has 0 amide bonds. The second-order valence-electron chi connectivity index (χ2n) is 11.1. The van der Waals surface area contributed by atoms with Gasteiger partial charge < -0.3 is 19.7 Å². The minimum absolute atomic E-state index is 0.109. The lowest BCUT2D eigenvalue weighted by molar-refractivity contribution is 0.0442. The molecule has 214 valence electrons. The van der Waals surface area contributed by atoms with Crippen molar-refractivity contribution in [3.8, 4) is 17.2 Å². The fraction of sp³-hybridized carbons (Fsp3) is 0.306. The molecule has 5 heteroatoms. The van der Waals surface area contributed by atoms with Gasteiger partial charge in [-0.05, 0) is 89.9 Å². The average Bonchev–Trinajstić information content (AvgIpc) is 2.93. The SMILES string of the molecule is Cc1ccc(OC(C)C)c(C(O)(c2cc(C)ccc2OC(C)C)[C@@H](Cc2ccccc2)N=Cc2ccccc2O)c1. The third-order valence-electron chi connectivity index (χ3n) is 6.90. The minimum atomic E-state index is -1.66. The smallest absolute Gasteiger partial charge is 0.144 e. The highest BCUT2D eigenvalue weighted by Gasteiger charge is 2.45. The van der Waals surface area contributed by atoms with Gasteiger partial charge in [0.1, 0.15) is 22.8 Å². The molecule has 4 aromatic carbocycles. The van der Waals surface area contributed by atoms with E-state index in [1.165, 1.54) is 0 Å². The number of rotatable bonds is 11. The Bertz CT molecular complexity index is 1420. The molecule has 5 nitrogen and oxygen atoms in total. The molecule has 0 aromatic heterocycles. The number of phenolic OH excluding ortho intramolecular Hbond substituents is 1. The van der Waals surface area contributed by atoms with Gasteiger partial charge in [-0.2, -0.15) is 0 Å². The zero-order valence-electron chi connectivity index (χ0n) is 24.8. The second kappa shape index (κ2) is 13.0. The van der Waals surface area contributed by atoms with E-state index in [9.17, 15) is 10.2 Å². The Hall–Kier alpha value is -4.09. The van der Waals surface area contributed by atoms with Crippen LogP contribution in [-0.4, -0.2) is 34.7 Å². The largest absolute Gasteiger partial charge is 0.507 e. The summed E-state index contributed by atoms with van der Waals surface area (Å²) >= 11 is 0. The number of para-hydroxylation sites is 1. The van der Waals surface area contributed by atoms with Crippen molar-refractivity contribution in [1.82, 2.24) is 0 Å². The first-order valence-electron chi connectivity index (χ1n) is 14.2. The summed E-state index contributed by atoms with van der Waals surface area (Å²) in [5.41, 5.74) is 3.11. The molecule has 41 heavy (non-hydrogen) atoms. The van der Waals surface area contributed by atoms with Gasteiger partial charge in [0.25, 0.3) is 0 Å². The lowest BCUT2D eigenvalue weighted by Crippen LogP contribution is -2.42. The van der Waals surface area contributed by atoms with Crippen LogP contribution >= 0.6 is 0 Å². The molecular formula is C36H41NO4. The zero-order valence-corrected chi connectivity index (χ0v) is 24.8. The molecule has 4 rings (SSSR count). The summed E-state index contributed by atoms with van der Waals surface area (Å²) in [6.45, 7) is 11.9. The Balaban J connectivity index is 2.05. The average molecular weight is 552 g/mol. The van der Waals surface area contributed by atoms with Gasteiger partial charge >= 0.3 is 0 Å². The van der Waals surface area contributed by atoms with E-state index < -0.39 is 11.6 Å². The summed E-state index contributed by atoms with van der Waals surface area (Å²) in [5.74, 6) is 1.29. The second-order valence-corrected chi connectivity index (χ2v) is 11.1. The summed E-state index contributed by atoms with van der Waals surface area (Å²) in [6.07, 6.45) is 1.85. The van der Waals surface area contributed by atoms with Gasteiger partial charge in [0.05, 0.1) is 18.2 Å². The summed E-state index contributed by atoms with van der Waals surface area (Å²) in [6, 6.07) is 28.1. The van der Waals surface area contributed by atoms with Crippen LogP contribution in [0.4, 0.5) is 0 Å². The quantitative estimate of drug-likeness (QED) is 0.189. The Morgan fingerprint density at radius 2 is 1.24 bits per heavy atom. The maximum Gasteiger partial charge on any atom is 0.144 e. The number of aromatic hydroxyl groups is 1. The summed E-state index contributed by atoms with van der Waals surface area (Å²) < 4.78 is 12.6. The monoisotopic (exact) mass is 551 g/mol. The predicted molar refractivity (Wildman–Crippen MR) is 167 cm³/mol. The molecule has 4 aromatic rings. The topological polar surface area (TPSA) is 71.3 Å². The molecule has 0 unspecified atom stereocenters. The van der Waals surface area contributed by atoms with E-state index in [4.69, 9.17) is 14.5 Å². The van der Waals surface area contributed by atoms with E-state index in [2.05, 4.69) is 0 Å². The molecule has 2 N–H and O–H groups in total. The van der Waals surface area contributed by atoms with Crippen LogP contribution in [0.15, 0.2) is 96.0 Å². The number of benzene rings is 4. The number of aliphatic imine (C=N–C) groups is 1. The lowest BCUT2D eigenvalue weighted by Gasteiger charge is -2.38. The third-order valence-corrected chi connectivity index (χ3v) is 6.90. The van der Waals surface area contributed by atoms with E-state index in [1.807, 2.05) is 114 Å². The summed E-state index contributed by atoms with van der Waals surface area (Å²) in [7, 11) is 0. The predicted octanol–water partition coefficient (Wildman–Crippen LogP) is 7.55. The van der Waals surface area contributed by atoms with Crippen LogP contribution < -0.4 is 9.47 Å². The Labute approximate surface area is 244 Å². The standard InChI is InChI=1S/C36H41NO4/c1-24(2)40-33-18-16-26(5)20-30(33)36(39,31-21-27(6)17-19-34(31)41-25(3)4)35(22-28-12-8-7-9-13-28)37-23-29-14-10-11-15-32(29)38/h7-21,23-25,35,38-39H,22H2,1-6H3/t35-/m1/s1. The van der Waals surface area contributed by atoms with Crippen molar-refractivity contribution < 1.29 is 19.7 Å². The molecule has 0 aliphatic rings. The van der Waals surface area contributed by atoms with E-state index in [-0.39, 0.29) is 18.0 Å². The van der Waals surface area contributed by atoms with Crippen molar-refractivity contribution in [2.24, 2.45) is 4.99 Å². The molecule has 0 saturated carbocycles. The van der Waals surface area contributed by atoms with Crippen molar-refractivity contribution in [3.63, 3.8) is 0 Å². The first kappa shape index (κ1) is 29.9. The van der Waals surface area contributed by atoms with E-state index >= 15 is 0 Å². The Kier molecular flexibility index (Phi) is 9.51. The number of hydrogen-bond acceptors (Lipinski definition) is 5. The van der Waals surface area contributed by atoms with Crippen LogP contribution in [-0.2, 0) is 12.0 Å². The maximum absolute atomic E-state index is 13.3. The molecule has 0 spiro atoms. The van der Waals surface area contributed by atoms with Crippen molar-refractivity contribution in [1.29, 1.82) is 0 Å². The molecule has 0 aliphatic carbocycles. The van der Waals surface area contributed by atoms with E-state index in [0.717, 1.165) is 16.7 Å². The highest BCUT2D eigenvalue weighted by molar-refractivity contribution is 5.83. The zero-order chi connectivity index (χ0) is 29.6. The van der Waals surface area contributed by atoms with Gasteiger partial charge in [-0.3, -0.25) is 4.99 Å². The first-order valence-corrected chi connectivity index (χ1v) is 14.2. The molecule has 0 saturated heterocycles. The fourth-order valence-corrected chi connectivity index (χ4v) is 5.01. The summed E-state index contributed by atoms with van der Waals surface area (Å²) in [5, 5.41) is 23.8. The number of nitrogens with zero attached hydrogens (tertiary/aromatic N) is 1. The first-order chi connectivity index (χ1) is 19.6. The van der Waals surface area contributed by atoms with Gasteiger partial charge in [-0.25, -0.2) is 0 Å².